The van der Waals surface area contributed by atoms with Crippen LogP contribution in [0.3, 0.4) is 0 Å². The second-order valence-electron chi connectivity index (χ2n) is 5.50. The van der Waals surface area contributed by atoms with E-state index in [-0.39, 0.29) is 5.41 Å². The number of amides is 1. The van der Waals surface area contributed by atoms with E-state index < -0.39 is 0 Å². The fourth-order valence-electron chi connectivity index (χ4n) is 1.82. The largest absolute Gasteiger partial charge is 0.313 e. The normalized spacial score (nSPS) is 15.0. The van der Waals surface area contributed by atoms with E-state index in [0.717, 1.165) is 17.8 Å². The van der Waals surface area contributed by atoms with E-state index in [1.165, 1.54) is 0 Å². The summed E-state index contributed by atoms with van der Waals surface area (Å²) in [7, 11) is 0. The van der Waals surface area contributed by atoms with Crippen molar-refractivity contribution in [1.82, 2.24) is 9.78 Å². The molecule has 0 radical (unpaired) electrons. The standard InChI is InChI=1S/C15H19N3O/c1-15(2,3)13-10-14(16-11-19)18(17-13)12-8-6-4-5-7-9-12/h4,6-11H,5H2,1-3H3,(H,16,19). The van der Waals surface area contributed by atoms with Gasteiger partial charge in [-0.2, -0.15) is 5.10 Å². The molecule has 1 aliphatic carbocycles. The third-order valence-corrected chi connectivity index (χ3v) is 2.89. The minimum absolute atomic E-state index is 0.0601. The van der Waals surface area contributed by atoms with Gasteiger partial charge in [0.1, 0.15) is 5.82 Å². The molecule has 0 saturated heterocycles. The monoisotopic (exact) mass is 257 g/mol. The zero-order chi connectivity index (χ0) is 13.9. The summed E-state index contributed by atoms with van der Waals surface area (Å²) in [5.41, 5.74) is 1.82. The van der Waals surface area contributed by atoms with E-state index in [2.05, 4.69) is 43.3 Å². The van der Waals surface area contributed by atoms with Crippen LogP contribution in [0.25, 0.3) is 5.70 Å². The predicted molar refractivity (Wildman–Crippen MR) is 77.8 cm³/mol. The van der Waals surface area contributed by atoms with Crippen molar-refractivity contribution in [3.63, 3.8) is 0 Å². The quantitative estimate of drug-likeness (QED) is 0.846. The van der Waals surface area contributed by atoms with Crippen LogP contribution >= 0.6 is 0 Å². The molecule has 2 rings (SSSR count). The number of carbonyl (C=O) groups is 1. The van der Waals surface area contributed by atoms with Gasteiger partial charge < -0.3 is 5.32 Å². The number of nitrogens with zero attached hydrogens (tertiary/aromatic N) is 2. The van der Waals surface area contributed by atoms with Crippen molar-refractivity contribution in [1.29, 1.82) is 0 Å². The van der Waals surface area contributed by atoms with Gasteiger partial charge in [0.2, 0.25) is 6.41 Å². The van der Waals surface area contributed by atoms with Crippen molar-refractivity contribution in [2.45, 2.75) is 32.6 Å². The number of nitrogens with one attached hydrogen (secondary N) is 1. The van der Waals surface area contributed by atoms with Crippen LogP contribution in [-0.2, 0) is 10.2 Å². The lowest BCUT2D eigenvalue weighted by Gasteiger charge is -2.14. The highest BCUT2D eigenvalue weighted by molar-refractivity contribution is 5.73. The predicted octanol–water partition coefficient (Wildman–Crippen LogP) is 3.11. The summed E-state index contributed by atoms with van der Waals surface area (Å²) < 4.78 is 1.77. The summed E-state index contributed by atoms with van der Waals surface area (Å²) in [6.07, 6.45) is 11.7. The molecule has 0 atom stereocenters. The molecular weight excluding hydrogens is 238 g/mol. The smallest absolute Gasteiger partial charge is 0.212 e. The fourth-order valence-corrected chi connectivity index (χ4v) is 1.82. The number of carbonyl (C=O) groups excluding carboxylic acids is 1. The second kappa shape index (κ2) is 5.26. The lowest BCUT2D eigenvalue weighted by Crippen LogP contribution is -2.12. The topological polar surface area (TPSA) is 46.9 Å². The maximum atomic E-state index is 10.7. The van der Waals surface area contributed by atoms with Crippen molar-refractivity contribution in [2.75, 3.05) is 5.32 Å². The highest BCUT2D eigenvalue weighted by Crippen LogP contribution is 2.26. The maximum absolute atomic E-state index is 10.7. The van der Waals surface area contributed by atoms with Crippen molar-refractivity contribution >= 4 is 17.9 Å². The molecule has 1 heterocycles. The van der Waals surface area contributed by atoms with Crippen LogP contribution in [0.2, 0.25) is 0 Å². The van der Waals surface area contributed by atoms with Gasteiger partial charge >= 0.3 is 0 Å². The molecule has 0 fully saturated rings. The van der Waals surface area contributed by atoms with Crippen LogP contribution in [-0.4, -0.2) is 16.2 Å². The lowest BCUT2D eigenvalue weighted by atomic mass is 9.92. The Morgan fingerprint density at radius 1 is 1.37 bits per heavy atom. The third kappa shape index (κ3) is 3.02. The number of rotatable bonds is 3. The van der Waals surface area contributed by atoms with E-state index in [1.54, 1.807) is 4.68 Å². The molecular formula is C15H19N3O. The Morgan fingerprint density at radius 3 is 2.84 bits per heavy atom. The average Bonchev–Trinajstić information content (AvgIpc) is 2.59. The third-order valence-electron chi connectivity index (χ3n) is 2.89. The van der Waals surface area contributed by atoms with Gasteiger partial charge in [0, 0.05) is 11.5 Å². The van der Waals surface area contributed by atoms with Gasteiger partial charge in [0.25, 0.3) is 0 Å². The minimum atomic E-state index is -0.0601. The van der Waals surface area contributed by atoms with Crippen molar-refractivity contribution < 1.29 is 4.79 Å². The molecule has 0 spiro atoms. The first-order chi connectivity index (χ1) is 9.02. The SMILES string of the molecule is CC(C)(C)c1cc(NC=O)n(C2=CC=CCC=C2)n1. The molecule has 0 aliphatic heterocycles. The summed E-state index contributed by atoms with van der Waals surface area (Å²) in [5.74, 6) is 0.686. The molecule has 100 valence electrons. The van der Waals surface area contributed by atoms with Crippen LogP contribution in [0.4, 0.5) is 5.82 Å². The van der Waals surface area contributed by atoms with Gasteiger partial charge in [0.05, 0.1) is 11.4 Å². The Labute approximate surface area is 113 Å². The summed E-state index contributed by atoms with van der Waals surface area (Å²) in [5, 5.41) is 7.31. The molecule has 0 bridgehead atoms. The molecule has 1 amide bonds. The van der Waals surface area contributed by atoms with Crippen LogP contribution in [0.15, 0.2) is 36.4 Å². The summed E-state index contributed by atoms with van der Waals surface area (Å²) in [4.78, 5) is 10.7. The number of allylic oxidation sites excluding steroid dienone is 6. The first-order valence-corrected chi connectivity index (χ1v) is 6.37. The number of hydrogen-bond donors (Lipinski definition) is 1. The van der Waals surface area contributed by atoms with E-state index in [1.807, 2.05) is 24.3 Å². The van der Waals surface area contributed by atoms with E-state index in [9.17, 15) is 4.79 Å². The van der Waals surface area contributed by atoms with Crippen molar-refractivity contribution in [2.24, 2.45) is 0 Å². The van der Waals surface area contributed by atoms with Gasteiger partial charge in [-0.3, -0.25) is 4.79 Å². The highest BCUT2D eigenvalue weighted by Gasteiger charge is 2.20. The maximum Gasteiger partial charge on any atom is 0.212 e. The van der Waals surface area contributed by atoms with E-state index in [4.69, 9.17) is 0 Å². The second-order valence-corrected chi connectivity index (χ2v) is 5.50. The average molecular weight is 257 g/mol. The molecule has 0 saturated carbocycles. The highest BCUT2D eigenvalue weighted by atomic mass is 16.1. The van der Waals surface area contributed by atoms with Gasteiger partial charge in [-0.25, -0.2) is 4.68 Å². The molecule has 0 aromatic carbocycles. The molecule has 0 unspecified atom stereocenters. The number of aromatic nitrogens is 2. The molecule has 1 aliphatic rings. The lowest BCUT2D eigenvalue weighted by molar-refractivity contribution is -0.105. The molecule has 19 heavy (non-hydrogen) atoms. The summed E-state index contributed by atoms with van der Waals surface area (Å²) >= 11 is 0. The molecule has 1 aromatic rings. The van der Waals surface area contributed by atoms with Gasteiger partial charge in [-0.05, 0) is 18.6 Å². The molecule has 1 aromatic heterocycles. The molecule has 4 nitrogen and oxygen atoms in total. The molecule has 4 heteroatoms. The van der Waals surface area contributed by atoms with Crippen LogP contribution in [0.1, 0.15) is 32.9 Å². The number of anilines is 1. The fraction of sp³-hybridized carbons (Fsp3) is 0.333. The van der Waals surface area contributed by atoms with Crippen molar-refractivity contribution in [3.05, 3.63) is 42.1 Å². The molecule has 1 N–H and O–H groups in total. The van der Waals surface area contributed by atoms with Gasteiger partial charge in [-0.15, -0.1) is 0 Å². The van der Waals surface area contributed by atoms with Gasteiger partial charge in [0.15, 0.2) is 0 Å². The first-order valence-electron chi connectivity index (χ1n) is 6.37. The Kier molecular flexibility index (Phi) is 3.69. The minimum Gasteiger partial charge on any atom is -0.313 e. The summed E-state index contributed by atoms with van der Waals surface area (Å²) in [6, 6.07) is 1.91. The summed E-state index contributed by atoms with van der Waals surface area (Å²) in [6.45, 7) is 6.30. The Balaban J connectivity index is 2.48. The Hall–Kier alpha value is -2.10. The van der Waals surface area contributed by atoms with E-state index in [0.29, 0.717) is 12.2 Å². The van der Waals surface area contributed by atoms with Crippen molar-refractivity contribution in [3.8, 4) is 0 Å². The Morgan fingerprint density at radius 2 is 2.16 bits per heavy atom. The van der Waals surface area contributed by atoms with Crippen LogP contribution < -0.4 is 5.32 Å². The van der Waals surface area contributed by atoms with Gasteiger partial charge in [-0.1, -0.05) is 39.0 Å². The van der Waals surface area contributed by atoms with Crippen LogP contribution in [0, 0.1) is 0 Å². The first kappa shape index (κ1) is 13.3. The Bertz CT molecular complexity index is 556. The zero-order valence-electron chi connectivity index (χ0n) is 11.6. The zero-order valence-corrected chi connectivity index (χ0v) is 11.6. The number of hydrogen-bond acceptors (Lipinski definition) is 2. The van der Waals surface area contributed by atoms with Crippen LogP contribution in [0.5, 0.6) is 0 Å². The van der Waals surface area contributed by atoms with E-state index >= 15 is 0 Å².